The molecule has 3 rings (SSSR count). The zero-order chi connectivity index (χ0) is 13.1. The van der Waals surface area contributed by atoms with Crippen molar-refractivity contribution in [3.63, 3.8) is 0 Å². The molecule has 1 fully saturated rings. The molecule has 1 atom stereocenters. The number of carbonyl (C=O) groups excluding carboxylic acids is 1. The lowest BCUT2D eigenvalue weighted by Crippen LogP contribution is -2.47. The first kappa shape index (κ1) is 12.7. The predicted octanol–water partition coefficient (Wildman–Crippen LogP) is 1.79. The van der Waals surface area contributed by atoms with Crippen LogP contribution in [0.15, 0.2) is 24.3 Å². The fourth-order valence-electron chi connectivity index (χ4n) is 2.31. The van der Waals surface area contributed by atoms with Crippen molar-refractivity contribution >= 4 is 17.7 Å². The summed E-state index contributed by atoms with van der Waals surface area (Å²) in [7, 11) is 0. The summed E-state index contributed by atoms with van der Waals surface area (Å²) in [5.74, 6) is 3.58. The lowest BCUT2D eigenvalue weighted by Gasteiger charge is -2.30. The van der Waals surface area contributed by atoms with Gasteiger partial charge in [-0.2, -0.15) is 11.8 Å². The van der Waals surface area contributed by atoms with E-state index in [1.807, 2.05) is 40.9 Å². The maximum absolute atomic E-state index is 12.4. The van der Waals surface area contributed by atoms with Crippen molar-refractivity contribution in [1.82, 2.24) is 4.90 Å². The Balaban J connectivity index is 1.68. The minimum absolute atomic E-state index is 0.0528. The van der Waals surface area contributed by atoms with E-state index in [1.165, 1.54) is 0 Å². The number of hydrogen-bond donors (Lipinski definition) is 0. The second kappa shape index (κ2) is 5.74. The second-order valence-corrected chi connectivity index (χ2v) is 5.88. The van der Waals surface area contributed by atoms with Gasteiger partial charge in [0.2, 0.25) is 6.10 Å². The highest BCUT2D eigenvalue weighted by molar-refractivity contribution is 7.99. The molecule has 0 aromatic heterocycles. The number of hydrogen-bond acceptors (Lipinski definition) is 4. The number of ether oxygens (including phenoxy) is 2. The van der Waals surface area contributed by atoms with E-state index >= 15 is 0 Å². The Morgan fingerprint density at radius 1 is 1.21 bits per heavy atom. The van der Waals surface area contributed by atoms with Gasteiger partial charge in [-0.3, -0.25) is 4.79 Å². The van der Waals surface area contributed by atoms with Crippen LogP contribution in [-0.2, 0) is 4.79 Å². The number of benzene rings is 1. The predicted molar refractivity (Wildman–Crippen MR) is 74.9 cm³/mol. The van der Waals surface area contributed by atoms with Crippen LogP contribution in [0.4, 0.5) is 0 Å². The van der Waals surface area contributed by atoms with Gasteiger partial charge in [-0.1, -0.05) is 12.1 Å². The number of nitrogens with zero attached hydrogens (tertiary/aromatic N) is 1. The molecule has 102 valence electrons. The Kier molecular flexibility index (Phi) is 3.82. The molecule has 1 saturated heterocycles. The maximum Gasteiger partial charge on any atom is 0.267 e. The molecule has 2 heterocycles. The lowest BCUT2D eigenvalue weighted by molar-refractivity contribution is -0.140. The molecule has 0 N–H and O–H groups in total. The average molecular weight is 279 g/mol. The van der Waals surface area contributed by atoms with Crippen LogP contribution in [0.2, 0.25) is 0 Å². The second-order valence-electron chi connectivity index (χ2n) is 4.66. The minimum atomic E-state index is -0.502. The summed E-state index contributed by atoms with van der Waals surface area (Å²) in [6.07, 6.45) is 0.554. The van der Waals surface area contributed by atoms with E-state index in [-0.39, 0.29) is 5.91 Å². The van der Waals surface area contributed by atoms with Gasteiger partial charge in [0.1, 0.15) is 6.61 Å². The van der Waals surface area contributed by atoms with Crippen LogP contribution in [0.5, 0.6) is 11.5 Å². The van der Waals surface area contributed by atoms with Gasteiger partial charge >= 0.3 is 0 Å². The third-order valence-electron chi connectivity index (χ3n) is 3.32. The quantitative estimate of drug-likeness (QED) is 0.785. The van der Waals surface area contributed by atoms with E-state index in [0.717, 1.165) is 36.8 Å². The molecule has 1 amide bonds. The van der Waals surface area contributed by atoms with Crippen molar-refractivity contribution in [1.29, 1.82) is 0 Å². The first-order chi connectivity index (χ1) is 9.34. The van der Waals surface area contributed by atoms with Gasteiger partial charge in [0.05, 0.1) is 0 Å². The summed E-state index contributed by atoms with van der Waals surface area (Å²) in [6.45, 7) is 1.94. The Morgan fingerprint density at radius 2 is 2.05 bits per heavy atom. The molecule has 1 aromatic carbocycles. The fraction of sp³-hybridized carbons (Fsp3) is 0.500. The Hall–Kier alpha value is -1.36. The first-order valence-corrected chi connectivity index (χ1v) is 7.75. The van der Waals surface area contributed by atoms with E-state index in [4.69, 9.17) is 9.47 Å². The van der Waals surface area contributed by atoms with Crippen molar-refractivity contribution < 1.29 is 14.3 Å². The molecular formula is C14H17NO3S. The smallest absolute Gasteiger partial charge is 0.267 e. The molecule has 5 heteroatoms. The number of rotatable bonds is 1. The molecule has 0 bridgehead atoms. The molecule has 1 unspecified atom stereocenters. The average Bonchev–Trinajstić information content (AvgIpc) is 2.75. The SMILES string of the molecule is O=C(C1COc2ccccc2O1)N1CCCSCC1. The minimum Gasteiger partial charge on any atom is -0.485 e. The van der Waals surface area contributed by atoms with Crippen LogP contribution in [0.25, 0.3) is 0 Å². The van der Waals surface area contributed by atoms with Crippen molar-refractivity contribution in [3.8, 4) is 11.5 Å². The fourth-order valence-corrected chi connectivity index (χ4v) is 3.20. The van der Waals surface area contributed by atoms with Crippen LogP contribution in [0.1, 0.15) is 6.42 Å². The summed E-state index contributed by atoms with van der Waals surface area (Å²) in [5.41, 5.74) is 0. The highest BCUT2D eigenvalue weighted by atomic mass is 32.2. The monoisotopic (exact) mass is 279 g/mol. The highest BCUT2D eigenvalue weighted by Crippen LogP contribution is 2.31. The van der Waals surface area contributed by atoms with E-state index in [0.29, 0.717) is 12.4 Å². The topological polar surface area (TPSA) is 38.8 Å². The van der Waals surface area contributed by atoms with Gasteiger partial charge in [0, 0.05) is 18.8 Å². The van der Waals surface area contributed by atoms with E-state index in [2.05, 4.69) is 0 Å². The van der Waals surface area contributed by atoms with Gasteiger partial charge in [0.15, 0.2) is 11.5 Å². The summed E-state index contributed by atoms with van der Waals surface area (Å²) < 4.78 is 11.4. The molecule has 0 saturated carbocycles. The first-order valence-electron chi connectivity index (χ1n) is 6.59. The summed E-state index contributed by atoms with van der Waals surface area (Å²) in [6, 6.07) is 7.49. The van der Waals surface area contributed by atoms with Crippen LogP contribution in [-0.4, -0.2) is 48.1 Å². The van der Waals surface area contributed by atoms with E-state index in [9.17, 15) is 4.79 Å². The zero-order valence-electron chi connectivity index (χ0n) is 10.7. The van der Waals surface area contributed by atoms with Gasteiger partial charge in [-0.15, -0.1) is 0 Å². The van der Waals surface area contributed by atoms with Crippen molar-refractivity contribution in [2.24, 2.45) is 0 Å². The van der Waals surface area contributed by atoms with Gasteiger partial charge < -0.3 is 14.4 Å². The molecular weight excluding hydrogens is 262 g/mol. The third-order valence-corrected chi connectivity index (χ3v) is 4.37. The summed E-state index contributed by atoms with van der Waals surface area (Å²) in [4.78, 5) is 14.3. The van der Waals surface area contributed by atoms with E-state index < -0.39 is 6.10 Å². The number of amides is 1. The molecule has 0 radical (unpaired) electrons. The zero-order valence-corrected chi connectivity index (χ0v) is 11.5. The van der Waals surface area contributed by atoms with Gasteiger partial charge in [-0.25, -0.2) is 0 Å². The van der Waals surface area contributed by atoms with Crippen molar-refractivity contribution in [3.05, 3.63) is 24.3 Å². The van der Waals surface area contributed by atoms with Crippen LogP contribution >= 0.6 is 11.8 Å². The van der Waals surface area contributed by atoms with Crippen molar-refractivity contribution in [2.45, 2.75) is 12.5 Å². The molecule has 2 aliphatic heterocycles. The van der Waals surface area contributed by atoms with Crippen LogP contribution in [0, 0.1) is 0 Å². The number of carbonyl (C=O) groups is 1. The normalized spacial score (nSPS) is 22.7. The van der Waals surface area contributed by atoms with E-state index in [1.54, 1.807) is 0 Å². The molecule has 1 aromatic rings. The third kappa shape index (κ3) is 2.81. The lowest BCUT2D eigenvalue weighted by atomic mass is 10.2. The number of para-hydroxylation sites is 2. The number of fused-ring (bicyclic) bond motifs is 1. The summed E-state index contributed by atoms with van der Waals surface area (Å²) in [5, 5.41) is 0. The van der Waals surface area contributed by atoms with Gasteiger partial charge in [-0.05, 0) is 24.3 Å². The largest absolute Gasteiger partial charge is 0.485 e. The number of thioether (sulfide) groups is 1. The Bertz CT molecular complexity index is 458. The molecule has 0 aliphatic carbocycles. The van der Waals surface area contributed by atoms with Crippen LogP contribution in [0.3, 0.4) is 0 Å². The molecule has 0 spiro atoms. The van der Waals surface area contributed by atoms with Crippen LogP contribution < -0.4 is 9.47 Å². The standard InChI is InChI=1S/C14H17NO3S/c16-14(15-6-3-8-19-9-7-15)13-10-17-11-4-1-2-5-12(11)18-13/h1-2,4-5,13H,3,6-10H2. The maximum atomic E-state index is 12.4. The Labute approximate surface area is 117 Å². The Morgan fingerprint density at radius 3 is 2.95 bits per heavy atom. The molecule has 4 nitrogen and oxygen atoms in total. The highest BCUT2D eigenvalue weighted by Gasteiger charge is 2.31. The molecule has 19 heavy (non-hydrogen) atoms. The molecule has 2 aliphatic rings. The summed E-state index contributed by atoms with van der Waals surface area (Å²) >= 11 is 1.91. The van der Waals surface area contributed by atoms with Gasteiger partial charge in [0.25, 0.3) is 5.91 Å². The van der Waals surface area contributed by atoms with Crippen molar-refractivity contribution in [2.75, 3.05) is 31.2 Å².